The van der Waals surface area contributed by atoms with Crippen molar-refractivity contribution in [2.45, 2.75) is 20.5 Å². The summed E-state index contributed by atoms with van der Waals surface area (Å²) in [5.41, 5.74) is 14.3. The molecule has 0 bridgehead atoms. The van der Waals surface area contributed by atoms with Gasteiger partial charge in [0.05, 0.1) is 6.61 Å². The Hall–Kier alpha value is -6.16. The van der Waals surface area contributed by atoms with Crippen LogP contribution in [0.1, 0.15) is 27.8 Å². The SMILES string of the molecule is Cc1ccc(N(c2ccc(C)cc2)c2ccc(-c3ccc(/C=C/c4ccc(N(c5ccccc5)c5ccccc5)cc4CO)cc3)cc2)cc1. The molecule has 0 spiro atoms. The fourth-order valence-electron chi connectivity index (χ4n) is 6.24. The Kier molecular flexibility index (Phi) is 9.68. The maximum absolute atomic E-state index is 10.4. The lowest BCUT2D eigenvalue weighted by atomic mass is 10.0. The molecule has 1 N–H and O–H groups in total. The molecule has 244 valence electrons. The van der Waals surface area contributed by atoms with Crippen LogP contribution in [0.3, 0.4) is 0 Å². The number of nitrogens with zero attached hydrogens (tertiary/aromatic N) is 2. The Bertz CT molecular complexity index is 2090. The number of hydrogen-bond acceptors (Lipinski definition) is 3. The number of benzene rings is 7. The van der Waals surface area contributed by atoms with Crippen molar-refractivity contribution in [1.82, 2.24) is 0 Å². The van der Waals surface area contributed by atoms with E-state index in [2.05, 4.69) is 175 Å². The van der Waals surface area contributed by atoms with Crippen LogP contribution < -0.4 is 9.80 Å². The van der Waals surface area contributed by atoms with Gasteiger partial charge in [0, 0.05) is 34.1 Å². The number of hydrogen-bond donors (Lipinski definition) is 1. The van der Waals surface area contributed by atoms with Crippen molar-refractivity contribution in [2.24, 2.45) is 0 Å². The van der Waals surface area contributed by atoms with Gasteiger partial charge < -0.3 is 14.9 Å². The second-order valence-corrected chi connectivity index (χ2v) is 12.6. The van der Waals surface area contributed by atoms with E-state index in [0.717, 1.165) is 61.9 Å². The molecule has 50 heavy (non-hydrogen) atoms. The third-order valence-electron chi connectivity index (χ3n) is 8.99. The zero-order valence-electron chi connectivity index (χ0n) is 28.4. The van der Waals surface area contributed by atoms with Crippen LogP contribution >= 0.6 is 0 Å². The van der Waals surface area contributed by atoms with Crippen LogP contribution in [0.2, 0.25) is 0 Å². The summed E-state index contributed by atoms with van der Waals surface area (Å²) in [5, 5.41) is 10.4. The number of aryl methyl sites for hydroxylation is 2. The Balaban J connectivity index is 1.10. The van der Waals surface area contributed by atoms with Crippen LogP contribution in [0, 0.1) is 13.8 Å². The summed E-state index contributed by atoms with van der Waals surface area (Å²) in [4.78, 5) is 4.51. The fraction of sp³-hybridized carbons (Fsp3) is 0.0638. The molecule has 3 nitrogen and oxygen atoms in total. The summed E-state index contributed by atoms with van der Waals surface area (Å²) < 4.78 is 0. The zero-order valence-corrected chi connectivity index (χ0v) is 28.4. The lowest BCUT2D eigenvalue weighted by molar-refractivity contribution is 0.281. The molecule has 0 aliphatic heterocycles. The van der Waals surface area contributed by atoms with Gasteiger partial charge in [-0.1, -0.05) is 126 Å². The largest absolute Gasteiger partial charge is 0.392 e. The summed E-state index contributed by atoms with van der Waals surface area (Å²) in [7, 11) is 0. The van der Waals surface area contributed by atoms with Crippen molar-refractivity contribution in [3.63, 3.8) is 0 Å². The van der Waals surface area contributed by atoms with Crippen LogP contribution in [-0.2, 0) is 6.61 Å². The van der Waals surface area contributed by atoms with E-state index in [1.807, 2.05) is 36.4 Å². The number of rotatable bonds is 10. The monoisotopic (exact) mass is 648 g/mol. The fourth-order valence-corrected chi connectivity index (χ4v) is 6.24. The van der Waals surface area contributed by atoms with Gasteiger partial charge in [-0.25, -0.2) is 0 Å². The van der Waals surface area contributed by atoms with Crippen molar-refractivity contribution >= 4 is 46.3 Å². The predicted octanol–water partition coefficient (Wildman–Crippen LogP) is 12.6. The molecule has 0 fully saturated rings. The van der Waals surface area contributed by atoms with Crippen LogP contribution in [0.4, 0.5) is 34.1 Å². The third-order valence-corrected chi connectivity index (χ3v) is 8.99. The van der Waals surface area contributed by atoms with Crippen molar-refractivity contribution in [2.75, 3.05) is 9.80 Å². The third kappa shape index (κ3) is 7.29. The molecular weight excluding hydrogens is 609 g/mol. The molecule has 0 amide bonds. The Morgan fingerprint density at radius 3 is 1.30 bits per heavy atom. The Morgan fingerprint density at radius 2 is 0.820 bits per heavy atom. The maximum Gasteiger partial charge on any atom is 0.0688 e. The highest BCUT2D eigenvalue weighted by Gasteiger charge is 2.14. The van der Waals surface area contributed by atoms with Crippen LogP contribution in [0.15, 0.2) is 176 Å². The van der Waals surface area contributed by atoms with Crippen molar-refractivity contribution in [3.05, 3.63) is 204 Å². The minimum absolute atomic E-state index is 0.0505. The smallest absolute Gasteiger partial charge is 0.0688 e. The van der Waals surface area contributed by atoms with Crippen LogP contribution in [-0.4, -0.2) is 5.11 Å². The number of aliphatic hydroxyl groups excluding tert-OH is 1. The number of para-hydroxylation sites is 2. The molecule has 0 heterocycles. The first-order chi connectivity index (χ1) is 24.6. The second-order valence-electron chi connectivity index (χ2n) is 12.6. The quantitative estimate of drug-likeness (QED) is 0.150. The molecule has 0 saturated heterocycles. The van der Waals surface area contributed by atoms with Gasteiger partial charge in [0.25, 0.3) is 0 Å². The molecule has 7 rings (SSSR count). The van der Waals surface area contributed by atoms with E-state index in [9.17, 15) is 5.11 Å². The highest BCUT2D eigenvalue weighted by molar-refractivity contribution is 5.81. The predicted molar refractivity (Wildman–Crippen MR) is 212 cm³/mol. The lowest BCUT2D eigenvalue weighted by Crippen LogP contribution is -2.10. The van der Waals surface area contributed by atoms with Gasteiger partial charge in [-0.15, -0.1) is 0 Å². The normalized spacial score (nSPS) is 11.1. The first kappa shape index (κ1) is 32.4. The molecule has 0 aliphatic rings. The van der Waals surface area contributed by atoms with Gasteiger partial charge in [0.2, 0.25) is 0 Å². The standard InChI is InChI=1S/C47H40N2O/c1-35-13-26-44(27-14-35)48(45-28-15-36(2)16-29-45)46-30-23-39(24-31-46)38-20-17-37(18-21-38)19-22-40-25-32-47(33-41(40)34-50)49(42-9-5-3-6-10-42)43-11-7-4-8-12-43/h3-33,50H,34H2,1-2H3/b22-19+. The summed E-state index contributed by atoms with van der Waals surface area (Å²) >= 11 is 0. The van der Waals surface area contributed by atoms with Gasteiger partial charge >= 0.3 is 0 Å². The van der Waals surface area contributed by atoms with E-state index in [-0.39, 0.29) is 6.61 Å². The number of aliphatic hydroxyl groups is 1. The average molecular weight is 649 g/mol. The highest BCUT2D eigenvalue weighted by atomic mass is 16.3. The second kappa shape index (κ2) is 14.9. The zero-order chi connectivity index (χ0) is 34.3. The molecule has 0 saturated carbocycles. The van der Waals surface area contributed by atoms with E-state index < -0.39 is 0 Å². The van der Waals surface area contributed by atoms with E-state index in [1.54, 1.807) is 0 Å². The summed E-state index contributed by atoms with van der Waals surface area (Å²) in [5.74, 6) is 0. The first-order valence-electron chi connectivity index (χ1n) is 17.0. The summed E-state index contributed by atoms with van der Waals surface area (Å²) in [6, 6.07) is 61.6. The molecule has 7 aromatic rings. The molecule has 7 aromatic carbocycles. The van der Waals surface area contributed by atoms with Gasteiger partial charge in [-0.2, -0.15) is 0 Å². The van der Waals surface area contributed by atoms with Gasteiger partial charge in [0.1, 0.15) is 0 Å². The van der Waals surface area contributed by atoms with Gasteiger partial charge in [0.15, 0.2) is 0 Å². The average Bonchev–Trinajstić information content (AvgIpc) is 3.17. The molecular formula is C47H40N2O. The minimum atomic E-state index is -0.0505. The van der Waals surface area contributed by atoms with Gasteiger partial charge in [-0.05, 0) is 114 Å². The molecule has 0 unspecified atom stereocenters. The van der Waals surface area contributed by atoms with Crippen LogP contribution in [0.5, 0.6) is 0 Å². The topological polar surface area (TPSA) is 26.7 Å². The van der Waals surface area contributed by atoms with E-state index in [0.29, 0.717) is 0 Å². The first-order valence-corrected chi connectivity index (χ1v) is 17.0. The molecule has 3 heteroatoms. The van der Waals surface area contributed by atoms with Crippen LogP contribution in [0.25, 0.3) is 23.3 Å². The molecule has 0 aromatic heterocycles. The maximum atomic E-state index is 10.4. The van der Waals surface area contributed by atoms with Crippen molar-refractivity contribution in [1.29, 1.82) is 0 Å². The van der Waals surface area contributed by atoms with E-state index in [1.165, 1.54) is 11.1 Å². The van der Waals surface area contributed by atoms with E-state index >= 15 is 0 Å². The molecule has 0 aliphatic carbocycles. The van der Waals surface area contributed by atoms with Gasteiger partial charge in [-0.3, -0.25) is 0 Å². The minimum Gasteiger partial charge on any atom is -0.392 e. The molecule has 0 atom stereocenters. The van der Waals surface area contributed by atoms with E-state index in [4.69, 9.17) is 0 Å². The highest BCUT2D eigenvalue weighted by Crippen LogP contribution is 2.37. The van der Waals surface area contributed by atoms with Crippen molar-refractivity contribution < 1.29 is 5.11 Å². The molecule has 0 radical (unpaired) electrons. The number of anilines is 6. The van der Waals surface area contributed by atoms with Crippen molar-refractivity contribution in [3.8, 4) is 11.1 Å². The lowest BCUT2D eigenvalue weighted by Gasteiger charge is -2.26. The summed E-state index contributed by atoms with van der Waals surface area (Å²) in [6.45, 7) is 4.18. The Morgan fingerprint density at radius 1 is 0.420 bits per heavy atom. The summed E-state index contributed by atoms with van der Waals surface area (Å²) in [6.07, 6.45) is 4.19. The Labute approximate surface area is 295 Å².